The van der Waals surface area contributed by atoms with Crippen molar-refractivity contribution in [2.24, 2.45) is 5.73 Å². The van der Waals surface area contributed by atoms with Crippen molar-refractivity contribution in [1.82, 2.24) is 5.32 Å². The van der Waals surface area contributed by atoms with Gasteiger partial charge in [-0.15, -0.1) is 0 Å². The fourth-order valence-corrected chi connectivity index (χ4v) is 1.51. The van der Waals surface area contributed by atoms with Crippen molar-refractivity contribution in [3.05, 3.63) is 29.3 Å². The number of phenolic OH excluding ortho intramolecular Hbond substituents is 1. The molecule has 0 aliphatic heterocycles. The molecule has 7 nitrogen and oxygen atoms in total. The second-order valence-corrected chi connectivity index (χ2v) is 3.98. The molecule has 0 aliphatic rings. The number of primary amides is 1. The van der Waals surface area contributed by atoms with E-state index in [2.05, 4.69) is 5.32 Å². The summed E-state index contributed by atoms with van der Waals surface area (Å²) in [4.78, 5) is 33.5. The van der Waals surface area contributed by atoms with Crippen LogP contribution in [0.1, 0.15) is 22.3 Å². The summed E-state index contributed by atoms with van der Waals surface area (Å²) in [6.45, 7) is 1.52. The Morgan fingerprint density at radius 1 is 1.37 bits per heavy atom. The summed E-state index contributed by atoms with van der Waals surface area (Å²) < 4.78 is 0. The molecule has 2 amide bonds. The minimum atomic E-state index is -1.40. The Bertz CT molecular complexity index is 527. The van der Waals surface area contributed by atoms with E-state index in [0.29, 0.717) is 5.56 Å². The first-order valence-corrected chi connectivity index (χ1v) is 5.43. The van der Waals surface area contributed by atoms with Crippen molar-refractivity contribution in [3.8, 4) is 5.75 Å². The molecule has 0 saturated heterocycles. The van der Waals surface area contributed by atoms with E-state index in [9.17, 15) is 19.5 Å². The summed E-state index contributed by atoms with van der Waals surface area (Å²) in [6.07, 6.45) is -0.501. The van der Waals surface area contributed by atoms with Gasteiger partial charge in [0.15, 0.2) is 0 Å². The Labute approximate surface area is 109 Å². The lowest BCUT2D eigenvalue weighted by Crippen LogP contribution is -2.43. The minimum absolute atomic E-state index is 0.0746. The lowest BCUT2D eigenvalue weighted by atomic mass is 10.1. The maximum atomic E-state index is 11.9. The van der Waals surface area contributed by atoms with Gasteiger partial charge >= 0.3 is 5.97 Å². The highest BCUT2D eigenvalue weighted by Crippen LogP contribution is 2.19. The Balaban J connectivity index is 2.91. The Kier molecular flexibility index (Phi) is 4.46. The number of nitrogens with two attached hydrogens (primary N) is 1. The number of hydrogen-bond acceptors (Lipinski definition) is 4. The molecule has 0 aromatic heterocycles. The Hall–Kier alpha value is -2.57. The molecule has 19 heavy (non-hydrogen) atoms. The van der Waals surface area contributed by atoms with Crippen LogP contribution in [0.15, 0.2) is 18.2 Å². The zero-order valence-corrected chi connectivity index (χ0v) is 10.2. The van der Waals surface area contributed by atoms with E-state index in [1.165, 1.54) is 25.1 Å². The molecule has 0 spiro atoms. The number of benzene rings is 1. The molecule has 7 heteroatoms. The van der Waals surface area contributed by atoms with Gasteiger partial charge in [0.1, 0.15) is 11.8 Å². The fraction of sp³-hybridized carbons (Fsp3) is 0.250. The molecular formula is C12H14N2O5. The number of aliphatic carboxylic acids is 1. The Morgan fingerprint density at radius 3 is 2.53 bits per heavy atom. The van der Waals surface area contributed by atoms with E-state index in [1.807, 2.05) is 0 Å². The Morgan fingerprint density at radius 2 is 2.00 bits per heavy atom. The van der Waals surface area contributed by atoms with Gasteiger partial charge in [-0.3, -0.25) is 9.59 Å². The van der Waals surface area contributed by atoms with Crippen LogP contribution in [0.4, 0.5) is 0 Å². The lowest BCUT2D eigenvalue weighted by molar-refractivity contribution is -0.140. The average molecular weight is 266 g/mol. The van der Waals surface area contributed by atoms with Gasteiger partial charge in [-0.05, 0) is 19.1 Å². The number of amides is 2. The van der Waals surface area contributed by atoms with Crippen molar-refractivity contribution >= 4 is 17.8 Å². The van der Waals surface area contributed by atoms with Gasteiger partial charge < -0.3 is 21.3 Å². The van der Waals surface area contributed by atoms with Gasteiger partial charge in [0.25, 0.3) is 5.91 Å². The lowest BCUT2D eigenvalue weighted by Gasteiger charge is -2.14. The molecule has 0 heterocycles. The van der Waals surface area contributed by atoms with Gasteiger partial charge in [-0.1, -0.05) is 6.07 Å². The number of carbonyl (C=O) groups is 3. The zero-order chi connectivity index (χ0) is 14.6. The third-order valence-electron chi connectivity index (χ3n) is 2.56. The summed E-state index contributed by atoms with van der Waals surface area (Å²) >= 11 is 0. The van der Waals surface area contributed by atoms with E-state index in [-0.39, 0.29) is 11.3 Å². The number of rotatable bonds is 5. The summed E-state index contributed by atoms with van der Waals surface area (Å²) in [5, 5.41) is 20.5. The first kappa shape index (κ1) is 14.5. The molecule has 5 N–H and O–H groups in total. The number of aromatic hydroxyl groups is 1. The van der Waals surface area contributed by atoms with Gasteiger partial charge in [0.05, 0.1) is 6.42 Å². The minimum Gasteiger partial charge on any atom is -0.508 e. The summed E-state index contributed by atoms with van der Waals surface area (Å²) in [6, 6.07) is 2.91. The van der Waals surface area contributed by atoms with Crippen LogP contribution in [0.2, 0.25) is 0 Å². The molecule has 1 unspecified atom stereocenters. The molecule has 1 atom stereocenters. The van der Waals surface area contributed by atoms with Crippen LogP contribution in [0.25, 0.3) is 0 Å². The average Bonchev–Trinajstić information content (AvgIpc) is 2.31. The second-order valence-electron chi connectivity index (χ2n) is 3.98. The van der Waals surface area contributed by atoms with Gasteiger partial charge in [0.2, 0.25) is 5.91 Å². The van der Waals surface area contributed by atoms with E-state index < -0.39 is 30.2 Å². The normalized spacial score (nSPS) is 11.6. The molecule has 102 valence electrons. The number of phenols is 1. The first-order valence-electron chi connectivity index (χ1n) is 5.43. The number of nitrogens with one attached hydrogen (secondary N) is 1. The van der Waals surface area contributed by atoms with Crippen molar-refractivity contribution in [2.45, 2.75) is 19.4 Å². The standard InChI is InChI=1S/C12H14N2O5/c1-6-7(3-2-4-9(6)15)11(17)14-8(12(18)19)5-10(13)16/h2-4,8,15H,5H2,1H3,(H2,13,16)(H,14,17)(H,18,19). The van der Waals surface area contributed by atoms with E-state index in [0.717, 1.165) is 0 Å². The molecule has 1 aromatic carbocycles. The van der Waals surface area contributed by atoms with E-state index >= 15 is 0 Å². The predicted octanol–water partition coefficient (Wildman–Crippen LogP) is -0.241. The number of hydrogen-bond donors (Lipinski definition) is 4. The van der Waals surface area contributed by atoms with Crippen LogP contribution in [0.5, 0.6) is 5.75 Å². The molecule has 0 fully saturated rings. The number of carboxylic acids is 1. The SMILES string of the molecule is Cc1c(O)cccc1C(=O)NC(CC(N)=O)C(=O)O. The highest BCUT2D eigenvalue weighted by atomic mass is 16.4. The smallest absolute Gasteiger partial charge is 0.326 e. The highest BCUT2D eigenvalue weighted by Gasteiger charge is 2.23. The number of carboxylic acid groups (broad SMARTS) is 1. The molecular weight excluding hydrogens is 252 g/mol. The van der Waals surface area contributed by atoms with Crippen LogP contribution < -0.4 is 11.1 Å². The van der Waals surface area contributed by atoms with Crippen molar-refractivity contribution in [3.63, 3.8) is 0 Å². The van der Waals surface area contributed by atoms with Crippen LogP contribution in [0.3, 0.4) is 0 Å². The molecule has 1 aromatic rings. The van der Waals surface area contributed by atoms with E-state index in [1.54, 1.807) is 0 Å². The summed E-state index contributed by atoms with van der Waals surface area (Å²) in [5.74, 6) is -2.96. The molecule has 0 aliphatic carbocycles. The van der Waals surface area contributed by atoms with Crippen LogP contribution in [0, 0.1) is 6.92 Å². The quantitative estimate of drug-likeness (QED) is 0.584. The maximum absolute atomic E-state index is 11.9. The van der Waals surface area contributed by atoms with Crippen LogP contribution in [-0.2, 0) is 9.59 Å². The molecule has 1 rings (SSSR count). The second kappa shape index (κ2) is 5.85. The van der Waals surface area contributed by atoms with Gasteiger partial charge in [0, 0.05) is 11.1 Å². The third kappa shape index (κ3) is 3.70. The highest BCUT2D eigenvalue weighted by molar-refractivity contribution is 5.99. The summed E-state index contributed by atoms with van der Waals surface area (Å²) in [7, 11) is 0. The molecule has 0 saturated carbocycles. The first-order chi connectivity index (χ1) is 8.82. The van der Waals surface area contributed by atoms with Crippen LogP contribution in [-0.4, -0.2) is 34.0 Å². The van der Waals surface area contributed by atoms with Crippen molar-refractivity contribution in [1.29, 1.82) is 0 Å². The van der Waals surface area contributed by atoms with Crippen molar-refractivity contribution < 1.29 is 24.6 Å². The predicted molar refractivity (Wildman–Crippen MR) is 65.5 cm³/mol. The van der Waals surface area contributed by atoms with Crippen molar-refractivity contribution in [2.75, 3.05) is 0 Å². The largest absolute Gasteiger partial charge is 0.508 e. The maximum Gasteiger partial charge on any atom is 0.326 e. The van der Waals surface area contributed by atoms with Gasteiger partial charge in [-0.2, -0.15) is 0 Å². The fourth-order valence-electron chi connectivity index (χ4n) is 1.51. The monoisotopic (exact) mass is 266 g/mol. The van der Waals surface area contributed by atoms with E-state index in [4.69, 9.17) is 10.8 Å². The third-order valence-corrected chi connectivity index (χ3v) is 2.56. The number of carbonyl (C=O) groups excluding carboxylic acids is 2. The zero-order valence-electron chi connectivity index (χ0n) is 10.2. The molecule has 0 bridgehead atoms. The summed E-state index contributed by atoms with van der Waals surface area (Å²) in [5.41, 5.74) is 5.36. The molecule has 0 radical (unpaired) electrons. The topological polar surface area (TPSA) is 130 Å². The van der Waals surface area contributed by atoms with Gasteiger partial charge in [-0.25, -0.2) is 4.79 Å². The van der Waals surface area contributed by atoms with Crippen LogP contribution >= 0.6 is 0 Å².